The second-order valence-corrected chi connectivity index (χ2v) is 9.63. The zero-order valence-electron chi connectivity index (χ0n) is 15.5. The highest BCUT2D eigenvalue weighted by Gasteiger charge is 2.56. The summed E-state index contributed by atoms with van der Waals surface area (Å²) in [5.74, 6) is -0.598. The fourth-order valence-electron chi connectivity index (χ4n) is 4.49. The van der Waals surface area contributed by atoms with Crippen LogP contribution in [0.5, 0.6) is 5.75 Å². The van der Waals surface area contributed by atoms with E-state index in [0.29, 0.717) is 18.8 Å². The first kappa shape index (κ1) is 20.1. The van der Waals surface area contributed by atoms with Gasteiger partial charge in [-0.05, 0) is 48.8 Å². The highest BCUT2D eigenvalue weighted by atomic mass is 79.9. The SMILES string of the molecule is C[C@H]1CC(C)(C)C[C@]2(C1)NC(=O)N(CC(=O)Oc1ccc(Br)cc1Cl)C2=O. The molecule has 1 aliphatic carbocycles. The van der Waals surface area contributed by atoms with Gasteiger partial charge in [0.25, 0.3) is 5.91 Å². The summed E-state index contributed by atoms with van der Waals surface area (Å²) in [6.07, 6.45) is 2.12. The number of carbonyl (C=O) groups excluding carboxylic acids is 3. The number of urea groups is 1. The first-order valence-electron chi connectivity index (χ1n) is 8.81. The van der Waals surface area contributed by atoms with E-state index in [2.05, 4.69) is 42.0 Å². The normalized spacial score (nSPS) is 27.0. The maximum Gasteiger partial charge on any atom is 0.331 e. The number of ether oxygens (including phenoxy) is 1. The molecular formula is C19H22BrClN2O4. The van der Waals surface area contributed by atoms with Crippen LogP contribution in [-0.4, -0.2) is 34.9 Å². The van der Waals surface area contributed by atoms with Crippen molar-refractivity contribution in [1.82, 2.24) is 10.2 Å². The molecule has 27 heavy (non-hydrogen) atoms. The zero-order chi connectivity index (χ0) is 20.0. The number of halogens is 2. The van der Waals surface area contributed by atoms with Gasteiger partial charge in [0.15, 0.2) is 0 Å². The van der Waals surface area contributed by atoms with Crippen molar-refractivity contribution in [1.29, 1.82) is 0 Å². The van der Waals surface area contributed by atoms with Crippen LogP contribution in [0.4, 0.5) is 4.79 Å². The number of rotatable bonds is 3. The smallest absolute Gasteiger partial charge is 0.331 e. The molecule has 1 saturated carbocycles. The molecule has 1 N–H and O–H groups in total. The lowest BCUT2D eigenvalue weighted by atomic mass is 9.64. The molecule has 2 aliphatic rings. The van der Waals surface area contributed by atoms with E-state index in [9.17, 15) is 14.4 Å². The van der Waals surface area contributed by atoms with Gasteiger partial charge in [0.05, 0.1) is 5.02 Å². The topological polar surface area (TPSA) is 75.7 Å². The van der Waals surface area contributed by atoms with Crippen molar-refractivity contribution in [2.45, 2.75) is 45.6 Å². The number of carbonyl (C=O) groups is 3. The van der Waals surface area contributed by atoms with Gasteiger partial charge in [-0.15, -0.1) is 0 Å². The summed E-state index contributed by atoms with van der Waals surface area (Å²) in [5, 5.41) is 3.10. The van der Waals surface area contributed by atoms with E-state index in [1.54, 1.807) is 18.2 Å². The molecule has 146 valence electrons. The van der Waals surface area contributed by atoms with Crippen LogP contribution in [0.25, 0.3) is 0 Å². The molecule has 1 aromatic carbocycles. The van der Waals surface area contributed by atoms with Gasteiger partial charge in [-0.1, -0.05) is 48.3 Å². The molecule has 1 spiro atoms. The predicted octanol–water partition coefficient (Wildman–Crippen LogP) is 4.14. The van der Waals surface area contributed by atoms with Crippen LogP contribution in [-0.2, 0) is 9.59 Å². The van der Waals surface area contributed by atoms with Gasteiger partial charge < -0.3 is 10.1 Å². The number of esters is 1. The molecule has 1 saturated heterocycles. The van der Waals surface area contributed by atoms with Gasteiger partial charge in [0.1, 0.15) is 17.8 Å². The van der Waals surface area contributed by atoms with E-state index < -0.39 is 24.1 Å². The molecule has 0 aromatic heterocycles. The number of hydrogen-bond donors (Lipinski definition) is 1. The van der Waals surface area contributed by atoms with Gasteiger partial charge >= 0.3 is 12.0 Å². The standard InChI is InChI=1S/C19H22BrClN2O4/c1-11-7-18(2,3)10-19(8-11)16(25)23(17(26)22-19)9-15(24)27-14-5-4-12(20)6-13(14)21/h4-6,11H,7-10H2,1-3H3,(H,22,26)/t11-,19-/m0/s1. The minimum absolute atomic E-state index is 0.0674. The summed E-state index contributed by atoms with van der Waals surface area (Å²) in [7, 11) is 0. The first-order chi connectivity index (χ1) is 12.5. The Morgan fingerprint density at radius 1 is 1.37 bits per heavy atom. The van der Waals surface area contributed by atoms with Crippen molar-refractivity contribution in [3.63, 3.8) is 0 Å². The average molecular weight is 458 g/mol. The highest BCUT2D eigenvalue weighted by Crippen LogP contribution is 2.46. The molecule has 0 radical (unpaired) electrons. The Bertz CT molecular complexity index is 813. The second-order valence-electron chi connectivity index (χ2n) is 8.31. The Morgan fingerprint density at radius 2 is 2.07 bits per heavy atom. The van der Waals surface area contributed by atoms with Crippen LogP contribution >= 0.6 is 27.5 Å². The van der Waals surface area contributed by atoms with Crippen molar-refractivity contribution in [2.75, 3.05) is 6.54 Å². The van der Waals surface area contributed by atoms with Crippen LogP contribution in [0.1, 0.15) is 40.0 Å². The Kier molecular flexibility index (Phi) is 5.29. The molecule has 0 unspecified atom stereocenters. The van der Waals surface area contributed by atoms with Gasteiger partial charge in [0, 0.05) is 4.47 Å². The lowest BCUT2D eigenvalue weighted by molar-refractivity contribution is -0.142. The Morgan fingerprint density at radius 3 is 2.70 bits per heavy atom. The molecule has 1 heterocycles. The summed E-state index contributed by atoms with van der Waals surface area (Å²) in [6.45, 7) is 5.81. The van der Waals surface area contributed by atoms with Crippen molar-refractivity contribution < 1.29 is 19.1 Å². The summed E-state index contributed by atoms with van der Waals surface area (Å²) >= 11 is 9.32. The van der Waals surface area contributed by atoms with Crippen LogP contribution < -0.4 is 10.1 Å². The molecule has 8 heteroatoms. The molecule has 6 nitrogen and oxygen atoms in total. The van der Waals surface area contributed by atoms with Crippen molar-refractivity contribution in [3.05, 3.63) is 27.7 Å². The minimum atomic E-state index is -0.937. The van der Waals surface area contributed by atoms with E-state index >= 15 is 0 Å². The number of imide groups is 1. The maximum absolute atomic E-state index is 13.0. The minimum Gasteiger partial charge on any atom is -0.424 e. The third kappa shape index (κ3) is 4.14. The van der Waals surface area contributed by atoms with Crippen molar-refractivity contribution in [3.8, 4) is 5.75 Å². The number of hydrogen-bond acceptors (Lipinski definition) is 4. The van der Waals surface area contributed by atoms with Gasteiger partial charge in [-0.2, -0.15) is 0 Å². The Hall–Kier alpha value is -1.60. The lowest BCUT2D eigenvalue weighted by Crippen LogP contribution is -2.54. The Labute approximate surface area is 171 Å². The number of amides is 3. The summed E-state index contributed by atoms with van der Waals surface area (Å²) in [6, 6.07) is 4.27. The number of benzene rings is 1. The fraction of sp³-hybridized carbons (Fsp3) is 0.526. The van der Waals surface area contributed by atoms with E-state index in [1.807, 2.05) is 0 Å². The molecule has 1 aliphatic heterocycles. The van der Waals surface area contributed by atoms with Crippen LogP contribution in [0.3, 0.4) is 0 Å². The van der Waals surface area contributed by atoms with E-state index in [1.165, 1.54) is 0 Å². The molecule has 0 bridgehead atoms. The van der Waals surface area contributed by atoms with E-state index in [-0.39, 0.29) is 22.1 Å². The summed E-state index contributed by atoms with van der Waals surface area (Å²) < 4.78 is 5.98. The molecule has 2 fully saturated rings. The van der Waals surface area contributed by atoms with Gasteiger partial charge in [-0.25, -0.2) is 9.59 Å². The maximum atomic E-state index is 13.0. The summed E-state index contributed by atoms with van der Waals surface area (Å²) in [4.78, 5) is 38.7. The third-order valence-corrected chi connectivity index (χ3v) is 5.82. The van der Waals surface area contributed by atoms with Crippen molar-refractivity contribution in [2.24, 2.45) is 11.3 Å². The summed E-state index contributed by atoms with van der Waals surface area (Å²) in [5.41, 5.74) is -1.00. The molecule has 3 amide bonds. The van der Waals surface area contributed by atoms with Gasteiger partial charge in [-0.3, -0.25) is 9.69 Å². The molecule has 1 aromatic rings. The molecule has 2 atom stereocenters. The van der Waals surface area contributed by atoms with E-state index in [4.69, 9.17) is 16.3 Å². The van der Waals surface area contributed by atoms with Crippen LogP contribution in [0.15, 0.2) is 22.7 Å². The largest absolute Gasteiger partial charge is 0.424 e. The van der Waals surface area contributed by atoms with E-state index in [0.717, 1.165) is 15.8 Å². The Balaban J connectivity index is 1.73. The van der Waals surface area contributed by atoms with Crippen LogP contribution in [0, 0.1) is 11.3 Å². The van der Waals surface area contributed by atoms with Crippen molar-refractivity contribution >= 4 is 45.4 Å². The quantitative estimate of drug-likeness (QED) is 0.420. The third-order valence-electron chi connectivity index (χ3n) is 5.03. The molecule has 3 rings (SSSR count). The second kappa shape index (κ2) is 7.09. The number of nitrogens with zero attached hydrogens (tertiary/aromatic N) is 1. The number of nitrogens with one attached hydrogen (secondary N) is 1. The molecular weight excluding hydrogens is 436 g/mol. The van der Waals surface area contributed by atoms with Gasteiger partial charge in [0.2, 0.25) is 0 Å². The fourth-order valence-corrected chi connectivity index (χ4v) is 5.20. The lowest BCUT2D eigenvalue weighted by Gasteiger charge is -2.43. The predicted molar refractivity (Wildman–Crippen MR) is 105 cm³/mol. The first-order valence-corrected chi connectivity index (χ1v) is 9.98. The van der Waals surface area contributed by atoms with Crippen LogP contribution in [0.2, 0.25) is 5.02 Å². The average Bonchev–Trinajstić information content (AvgIpc) is 2.72. The zero-order valence-corrected chi connectivity index (χ0v) is 17.8. The monoisotopic (exact) mass is 456 g/mol. The highest BCUT2D eigenvalue weighted by molar-refractivity contribution is 9.10.